The minimum absolute atomic E-state index is 0.171. The average molecular weight is 366 g/mol. The molecule has 0 spiro atoms. The Morgan fingerprint density at radius 1 is 1.00 bits per heavy atom. The SMILES string of the molecule is Cc1cccc(N2CCN(CCC(=O)NCCCc3ccccc3)CC2)c1. The summed E-state index contributed by atoms with van der Waals surface area (Å²) in [5, 5.41) is 3.06. The van der Waals surface area contributed by atoms with Crippen molar-refractivity contribution in [1.29, 1.82) is 0 Å². The van der Waals surface area contributed by atoms with Gasteiger partial charge in [0.2, 0.25) is 5.91 Å². The number of aryl methyl sites for hydroxylation is 2. The molecule has 4 heteroatoms. The van der Waals surface area contributed by atoms with Crippen LogP contribution in [0.5, 0.6) is 0 Å². The highest BCUT2D eigenvalue weighted by Crippen LogP contribution is 2.17. The normalized spacial score (nSPS) is 14.9. The summed E-state index contributed by atoms with van der Waals surface area (Å²) in [6.45, 7) is 7.86. The van der Waals surface area contributed by atoms with Crippen molar-refractivity contribution in [2.45, 2.75) is 26.2 Å². The van der Waals surface area contributed by atoms with Crippen molar-refractivity contribution in [2.75, 3.05) is 44.2 Å². The van der Waals surface area contributed by atoms with Crippen LogP contribution in [0.2, 0.25) is 0 Å². The summed E-state index contributed by atoms with van der Waals surface area (Å²) in [6.07, 6.45) is 2.60. The largest absolute Gasteiger partial charge is 0.369 e. The lowest BCUT2D eigenvalue weighted by Crippen LogP contribution is -2.47. The summed E-state index contributed by atoms with van der Waals surface area (Å²) in [5.74, 6) is 0.171. The van der Waals surface area contributed by atoms with Gasteiger partial charge in [-0.2, -0.15) is 0 Å². The summed E-state index contributed by atoms with van der Waals surface area (Å²) in [5.41, 5.74) is 3.95. The first-order valence-corrected chi connectivity index (χ1v) is 10.1. The zero-order chi connectivity index (χ0) is 18.9. The molecule has 4 nitrogen and oxygen atoms in total. The van der Waals surface area contributed by atoms with Crippen LogP contribution in [0.4, 0.5) is 5.69 Å². The van der Waals surface area contributed by atoms with Crippen LogP contribution in [0.1, 0.15) is 24.0 Å². The number of nitrogens with one attached hydrogen (secondary N) is 1. The van der Waals surface area contributed by atoms with E-state index in [1.54, 1.807) is 0 Å². The summed E-state index contributed by atoms with van der Waals surface area (Å²) >= 11 is 0. The quantitative estimate of drug-likeness (QED) is 0.730. The molecule has 1 saturated heterocycles. The number of piperazine rings is 1. The minimum atomic E-state index is 0.171. The molecule has 2 aromatic carbocycles. The molecule has 1 fully saturated rings. The lowest BCUT2D eigenvalue weighted by molar-refractivity contribution is -0.121. The molecule has 0 aromatic heterocycles. The van der Waals surface area contributed by atoms with Gasteiger partial charge in [-0.3, -0.25) is 9.69 Å². The fourth-order valence-corrected chi connectivity index (χ4v) is 3.57. The van der Waals surface area contributed by atoms with Crippen molar-refractivity contribution in [3.63, 3.8) is 0 Å². The first-order chi connectivity index (χ1) is 13.2. The molecule has 1 heterocycles. The van der Waals surface area contributed by atoms with E-state index in [2.05, 4.69) is 70.6 Å². The lowest BCUT2D eigenvalue weighted by atomic mass is 10.1. The van der Waals surface area contributed by atoms with Crippen LogP contribution >= 0.6 is 0 Å². The Morgan fingerprint density at radius 3 is 2.52 bits per heavy atom. The predicted molar refractivity (Wildman–Crippen MR) is 112 cm³/mol. The van der Waals surface area contributed by atoms with Gasteiger partial charge in [-0.25, -0.2) is 0 Å². The fourth-order valence-electron chi connectivity index (χ4n) is 3.57. The van der Waals surface area contributed by atoms with E-state index in [1.165, 1.54) is 16.8 Å². The first-order valence-electron chi connectivity index (χ1n) is 10.1. The zero-order valence-corrected chi connectivity index (χ0v) is 16.4. The second-order valence-corrected chi connectivity index (χ2v) is 7.36. The minimum Gasteiger partial charge on any atom is -0.369 e. The van der Waals surface area contributed by atoms with Gasteiger partial charge in [-0.05, 0) is 43.0 Å². The topological polar surface area (TPSA) is 35.6 Å². The van der Waals surface area contributed by atoms with E-state index in [-0.39, 0.29) is 5.91 Å². The molecule has 1 aliphatic heterocycles. The number of carbonyl (C=O) groups excluding carboxylic acids is 1. The molecule has 1 aliphatic rings. The number of benzene rings is 2. The Kier molecular flexibility index (Phi) is 7.28. The van der Waals surface area contributed by atoms with E-state index in [0.717, 1.165) is 52.1 Å². The number of hydrogen-bond donors (Lipinski definition) is 1. The molecule has 0 saturated carbocycles. The van der Waals surface area contributed by atoms with Gasteiger partial charge in [0.25, 0.3) is 0 Å². The number of rotatable bonds is 8. The smallest absolute Gasteiger partial charge is 0.221 e. The summed E-state index contributed by atoms with van der Waals surface area (Å²) in [6, 6.07) is 19.1. The van der Waals surface area contributed by atoms with Crippen LogP contribution in [-0.4, -0.2) is 50.1 Å². The molecule has 1 amide bonds. The maximum atomic E-state index is 12.1. The monoisotopic (exact) mass is 365 g/mol. The molecule has 144 valence electrons. The molecule has 0 aliphatic carbocycles. The lowest BCUT2D eigenvalue weighted by Gasteiger charge is -2.36. The third kappa shape index (κ3) is 6.40. The molecular formula is C23H31N3O. The average Bonchev–Trinajstić information content (AvgIpc) is 2.71. The van der Waals surface area contributed by atoms with Crippen molar-refractivity contribution < 1.29 is 4.79 Å². The predicted octanol–water partition coefficient (Wildman–Crippen LogP) is 3.26. The van der Waals surface area contributed by atoms with E-state index in [9.17, 15) is 4.79 Å². The molecule has 0 unspecified atom stereocenters. The second kappa shape index (κ2) is 10.1. The van der Waals surface area contributed by atoms with Crippen LogP contribution in [0, 0.1) is 6.92 Å². The maximum Gasteiger partial charge on any atom is 0.221 e. The maximum absolute atomic E-state index is 12.1. The number of anilines is 1. The second-order valence-electron chi connectivity index (χ2n) is 7.36. The van der Waals surface area contributed by atoms with Crippen LogP contribution in [0.3, 0.4) is 0 Å². The molecule has 0 atom stereocenters. The van der Waals surface area contributed by atoms with E-state index in [1.807, 2.05) is 6.07 Å². The van der Waals surface area contributed by atoms with Gasteiger partial charge in [0, 0.05) is 51.4 Å². The molecule has 1 N–H and O–H groups in total. The number of carbonyl (C=O) groups is 1. The zero-order valence-electron chi connectivity index (χ0n) is 16.4. The van der Waals surface area contributed by atoms with Crippen molar-refractivity contribution in [3.8, 4) is 0 Å². The van der Waals surface area contributed by atoms with Gasteiger partial charge in [0.05, 0.1) is 0 Å². The summed E-state index contributed by atoms with van der Waals surface area (Å²) < 4.78 is 0. The Balaban J connectivity index is 1.29. The highest BCUT2D eigenvalue weighted by Gasteiger charge is 2.17. The Labute approximate surface area is 163 Å². The molecule has 0 radical (unpaired) electrons. The third-order valence-corrected chi connectivity index (χ3v) is 5.20. The number of nitrogens with zero attached hydrogens (tertiary/aromatic N) is 2. The van der Waals surface area contributed by atoms with E-state index >= 15 is 0 Å². The highest BCUT2D eigenvalue weighted by atomic mass is 16.1. The Morgan fingerprint density at radius 2 is 1.78 bits per heavy atom. The van der Waals surface area contributed by atoms with Gasteiger partial charge in [-0.15, -0.1) is 0 Å². The van der Waals surface area contributed by atoms with Crippen molar-refractivity contribution in [1.82, 2.24) is 10.2 Å². The van der Waals surface area contributed by atoms with Crippen LogP contribution in [-0.2, 0) is 11.2 Å². The molecule has 0 bridgehead atoms. The molecule has 3 rings (SSSR count). The fraction of sp³-hybridized carbons (Fsp3) is 0.435. The molecule has 2 aromatic rings. The van der Waals surface area contributed by atoms with Gasteiger partial charge in [0.15, 0.2) is 0 Å². The first kappa shape index (κ1) is 19.4. The van der Waals surface area contributed by atoms with E-state index in [0.29, 0.717) is 6.42 Å². The Hall–Kier alpha value is -2.33. The summed E-state index contributed by atoms with van der Waals surface area (Å²) in [4.78, 5) is 16.9. The van der Waals surface area contributed by atoms with Gasteiger partial charge in [-0.1, -0.05) is 42.5 Å². The van der Waals surface area contributed by atoms with Crippen LogP contribution in [0.15, 0.2) is 54.6 Å². The van der Waals surface area contributed by atoms with Crippen molar-refractivity contribution in [2.24, 2.45) is 0 Å². The van der Waals surface area contributed by atoms with E-state index in [4.69, 9.17) is 0 Å². The molecular weight excluding hydrogens is 334 g/mol. The molecule has 27 heavy (non-hydrogen) atoms. The highest BCUT2D eigenvalue weighted by molar-refractivity contribution is 5.76. The standard InChI is InChI=1S/C23H31N3O/c1-20-7-5-11-22(19-20)26-17-15-25(16-18-26)14-12-23(27)24-13-6-10-21-8-3-2-4-9-21/h2-5,7-9,11,19H,6,10,12-18H2,1H3,(H,24,27). The Bertz CT molecular complexity index is 709. The van der Waals surface area contributed by atoms with Gasteiger partial charge in [0.1, 0.15) is 0 Å². The summed E-state index contributed by atoms with van der Waals surface area (Å²) in [7, 11) is 0. The van der Waals surface area contributed by atoms with Crippen LogP contribution < -0.4 is 10.2 Å². The van der Waals surface area contributed by atoms with Crippen molar-refractivity contribution in [3.05, 3.63) is 65.7 Å². The van der Waals surface area contributed by atoms with Gasteiger partial charge >= 0.3 is 0 Å². The van der Waals surface area contributed by atoms with Gasteiger partial charge < -0.3 is 10.2 Å². The van der Waals surface area contributed by atoms with Crippen LogP contribution in [0.25, 0.3) is 0 Å². The number of amides is 1. The number of hydrogen-bond acceptors (Lipinski definition) is 3. The third-order valence-electron chi connectivity index (χ3n) is 5.20. The van der Waals surface area contributed by atoms with E-state index < -0.39 is 0 Å². The van der Waals surface area contributed by atoms with Crippen molar-refractivity contribution >= 4 is 11.6 Å².